The summed E-state index contributed by atoms with van der Waals surface area (Å²) in [6.45, 7) is 0.993. The van der Waals surface area contributed by atoms with Gasteiger partial charge in [0.05, 0.1) is 24.5 Å². The number of nitrogens with one attached hydrogen (secondary N) is 2. The molecule has 2 N–H and O–H groups in total. The smallest absolute Gasteiger partial charge is 0.318 e. The molecular formula is C25H22N6O2S. The van der Waals surface area contributed by atoms with Crippen molar-refractivity contribution in [3.63, 3.8) is 0 Å². The van der Waals surface area contributed by atoms with Gasteiger partial charge < -0.3 is 10.2 Å². The first-order valence-corrected chi connectivity index (χ1v) is 11.7. The van der Waals surface area contributed by atoms with Crippen LogP contribution in [-0.2, 0) is 13.0 Å². The Bertz CT molecular complexity index is 1240. The summed E-state index contributed by atoms with van der Waals surface area (Å²) in [6, 6.07) is 19.5. The first-order chi connectivity index (χ1) is 16.7. The Kier molecular flexibility index (Phi) is 6.26. The molecule has 0 saturated carbocycles. The molecule has 2 aromatic carbocycles. The fraction of sp³-hybridized carbons (Fsp3) is 0.160. The molecule has 0 atom stereocenters. The van der Waals surface area contributed by atoms with Gasteiger partial charge in [-0.15, -0.1) is 0 Å². The molecule has 9 heteroatoms. The third-order valence-electron chi connectivity index (χ3n) is 5.57. The molecular weight excluding hydrogens is 448 g/mol. The van der Waals surface area contributed by atoms with Gasteiger partial charge in [-0.3, -0.25) is 15.1 Å². The van der Waals surface area contributed by atoms with Gasteiger partial charge in [-0.2, -0.15) is 0 Å². The number of hydrogen-bond acceptors (Lipinski definition) is 6. The van der Waals surface area contributed by atoms with Crippen molar-refractivity contribution in [2.75, 3.05) is 11.9 Å². The lowest BCUT2D eigenvalue weighted by Gasteiger charge is -2.29. The Balaban J connectivity index is 1.29. The van der Waals surface area contributed by atoms with Crippen LogP contribution in [0.15, 0.2) is 79.3 Å². The zero-order chi connectivity index (χ0) is 23.3. The molecule has 0 bridgehead atoms. The van der Waals surface area contributed by atoms with Crippen LogP contribution in [-0.4, -0.2) is 38.3 Å². The van der Waals surface area contributed by atoms with Crippen molar-refractivity contribution in [3.05, 3.63) is 107 Å². The fourth-order valence-corrected chi connectivity index (χ4v) is 4.88. The summed E-state index contributed by atoms with van der Waals surface area (Å²) in [5.41, 5.74) is 3.17. The lowest BCUT2D eigenvalue weighted by Crippen LogP contribution is -2.44. The average molecular weight is 471 g/mol. The third kappa shape index (κ3) is 4.79. The molecule has 0 unspecified atom stereocenters. The van der Waals surface area contributed by atoms with Crippen molar-refractivity contribution in [3.8, 4) is 0 Å². The topological polar surface area (TPSA) is 100 Å². The molecule has 0 radical (unpaired) electrons. The molecule has 5 rings (SSSR count). The second kappa shape index (κ2) is 9.80. The van der Waals surface area contributed by atoms with Gasteiger partial charge in [0.2, 0.25) is 0 Å². The summed E-state index contributed by atoms with van der Waals surface area (Å²) in [5, 5.41) is 6.47. The summed E-state index contributed by atoms with van der Waals surface area (Å²) in [5.74, 6) is -0.359. The third-order valence-corrected chi connectivity index (χ3v) is 6.57. The highest BCUT2D eigenvalue weighted by atomic mass is 32.1. The zero-order valence-corrected chi connectivity index (χ0v) is 19.0. The molecule has 34 heavy (non-hydrogen) atoms. The Hall–Kier alpha value is -4.11. The van der Waals surface area contributed by atoms with Crippen LogP contribution in [0.5, 0.6) is 0 Å². The van der Waals surface area contributed by atoms with Crippen LogP contribution in [0.25, 0.3) is 0 Å². The molecule has 4 aromatic rings. The van der Waals surface area contributed by atoms with E-state index in [1.165, 1.54) is 29.9 Å². The molecule has 8 nitrogen and oxygen atoms in total. The number of aromatic nitrogens is 3. The van der Waals surface area contributed by atoms with Gasteiger partial charge in [-0.05, 0) is 11.1 Å². The normalized spacial score (nSPS) is 12.8. The van der Waals surface area contributed by atoms with Crippen LogP contribution in [0.1, 0.15) is 38.2 Å². The van der Waals surface area contributed by atoms with E-state index in [9.17, 15) is 9.59 Å². The van der Waals surface area contributed by atoms with Crippen molar-refractivity contribution in [2.24, 2.45) is 0 Å². The first kappa shape index (κ1) is 21.7. The Morgan fingerprint density at radius 1 is 0.971 bits per heavy atom. The molecule has 3 heterocycles. The molecule has 3 amide bonds. The average Bonchev–Trinajstić information content (AvgIpc) is 3.30. The van der Waals surface area contributed by atoms with Gasteiger partial charge in [-0.1, -0.05) is 72.0 Å². The van der Waals surface area contributed by atoms with Crippen molar-refractivity contribution < 1.29 is 9.59 Å². The number of benzene rings is 2. The van der Waals surface area contributed by atoms with Gasteiger partial charge >= 0.3 is 6.03 Å². The van der Waals surface area contributed by atoms with Crippen LogP contribution in [0, 0.1) is 0 Å². The number of thiazole rings is 1. The zero-order valence-electron chi connectivity index (χ0n) is 18.2. The molecule has 1 aliphatic rings. The molecule has 0 saturated heterocycles. The number of urea groups is 1. The van der Waals surface area contributed by atoms with E-state index in [2.05, 4.69) is 25.6 Å². The number of nitrogens with zero attached hydrogens (tertiary/aromatic N) is 4. The van der Waals surface area contributed by atoms with Crippen molar-refractivity contribution in [1.29, 1.82) is 0 Å². The first-order valence-electron chi connectivity index (χ1n) is 10.9. The fourth-order valence-electron chi connectivity index (χ4n) is 3.86. The minimum absolute atomic E-state index is 0.137. The van der Waals surface area contributed by atoms with Gasteiger partial charge in [0, 0.05) is 30.2 Å². The van der Waals surface area contributed by atoms with Crippen LogP contribution < -0.4 is 10.6 Å². The second-order valence-electron chi connectivity index (χ2n) is 7.81. The van der Waals surface area contributed by atoms with Gasteiger partial charge in [0.25, 0.3) is 5.91 Å². The molecule has 2 aromatic heterocycles. The van der Waals surface area contributed by atoms with Crippen LogP contribution in [0.4, 0.5) is 9.93 Å². The van der Waals surface area contributed by atoms with E-state index >= 15 is 0 Å². The number of hydrogen-bond donors (Lipinski definition) is 2. The monoisotopic (exact) mass is 470 g/mol. The summed E-state index contributed by atoms with van der Waals surface area (Å²) in [6.07, 6.45) is 5.02. The van der Waals surface area contributed by atoms with E-state index in [1.54, 1.807) is 4.90 Å². The molecule has 1 aliphatic heterocycles. The Morgan fingerprint density at radius 3 is 2.32 bits per heavy atom. The lowest BCUT2D eigenvalue weighted by atomic mass is 9.99. The summed E-state index contributed by atoms with van der Waals surface area (Å²) < 4.78 is 0. The van der Waals surface area contributed by atoms with E-state index < -0.39 is 0 Å². The molecule has 170 valence electrons. The van der Waals surface area contributed by atoms with Crippen molar-refractivity contribution in [1.82, 2.24) is 25.2 Å². The summed E-state index contributed by atoms with van der Waals surface area (Å²) >= 11 is 1.38. The largest absolute Gasteiger partial charge is 0.327 e. The van der Waals surface area contributed by atoms with Gasteiger partial charge in [-0.25, -0.2) is 14.8 Å². The number of amides is 3. The van der Waals surface area contributed by atoms with Crippen molar-refractivity contribution >= 4 is 28.4 Å². The summed E-state index contributed by atoms with van der Waals surface area (Å²) in [7, 11) is 0. The summed E-state index contributed by atoms with van der Waals surface area (Å²) in [4.78, 5) is 40.8. The van der Waals surface area contributed by atoms with Gasteiger partial charge in [0.15, 0.2) is 5.13 Å². The number of anilines is 1. The highest BCUT2D eigenvalue weighted by Gasteiger charge is 2.27. The highest BCUT2D eigenvalue weighted by molar-refractivity contribution is 7.15. The van der Waals surface area contributed by atoms with E-state index in [1.807, 2.05) is 60.7 Å². The molecule has 0 fully saturated rings. The maximum absolute atomic E-state index is 13.2. The lowest BCUT2D eigenvalue weighted by molar-refractivity contribution is 0.102. The Labute approximate surface area is 200 Å². The van der Waals surface area contributed by atoms with Crippen LogP contribution in [0.2, 0.25) is 0 Å². The second-order valence-corrected chi connectivity index (χ2v) is 8.89. The Morgan fingerprint density at radius 2 is 1.68 bits per heavy atom. The highest BCUT2D eigenvalue weighted by Crippen LogP contribution is 2.29. The predicted molar refractivity (Wildman–Crippen MR) is 129 cm³/mol. The molecule has 0 aliphatic carbocycles. The van der Waals surface area contributed by atoms with Crippen molar-refractivity contribution in [2.45, 2.75) is 19.0 Å². The number of carbonyl (C=O) groups is 2. The standard InChI is InChI=1S/C25H22N6O2S/c32-23(20-15-26-12-13-27-20)30-24-28-19-11-14-31(16-21(19)34-24)25(33)29-22(17-7-3-1-4-8-17)18-9-5-2-6-10-18/h1-10,12-13,15,22H,11,14,16H2,(H,29,33)(H,28,30,32). The molecule has 0 spiro atoms. The quantitative estimate of drug-likeness (QED) is 0.459. The predicted octanol–water partition coefficient (Wildman–Crippen LogP) is 4.04. The van der Waals surface area contributed by atoms with Crippen LogP contribution in [0.3, 0.4) is 0 Å². The number of rotatable bonds is 5. The maximum Gasteiger partial charge on any atom is 0.318 e. The number of fused-ring (bicyclic) bond motifs is 1. The van der Waals surface area contributed by atoms with Gasteiger partial charge in [0.1, 0.15) is 5.69 Å². The maximum atomic E-state index is 13.2. The number of carbonyl (C=O) groups excluding carboxylic acids is 2. The minimum atomic E-state index is -0.359. The van der Waals surface area contributed by atoms with Crippen LogP contribution >= 0.6 is 11.3 Å². The van der Waals surface area contributed by atoms with E-state index in [0.29, 0.717) is 24.6 Å². The van der Waals surface area contributed by atoms with E-state index in [4.69, 9.17) is 0 Å². The van der Waals surface area contributed by atoms with E-state index in [-0.39, 0.29) is 23.7 Å². The van der Waals surface area contributed by atoms with E-state index in [0.717, 1.165) is 21.7 Å². The SMILES string of the molecule is O=C(Nc1nc2c(s1)CN(C(=O)NC(c1ccccc1)c1ccccc1)CC2)c1cnccn1. The minimum Gasteiger partial charge on any atom is -0.327 e.